The highest BCUT2D eigenvalue weighted by Gasteiger charge is 2.06. The first-order chi connectivity index (χ1) is 9.67. The Bertz CT molecular complexity index is 428. The first-order valence-electron chi connectivity index (χ1n) is 6.72. The molecule has 1 amide bonds. The fourth-order valence-corrected chi connectivity index (χ4v) is 1.75. The monoisotopic (exact) mass is 279 g/mol. The van der Waals surface area contributed by atoms with Crippen LogP contribution in [0.3, 0.4) is 0 Å². The van der Waals surface area contributed by atoms with Crippen LogP contribution in [0.1, 0.15) is 35.2 Å². The minimum absolute atomic E-state index is 0.168. The minimum atomic E-state index is -0.343. The molecule has 2 N–H and O–H groups in total. The normalized spacial score (nSPS) is 10.1. The van der Waals surface area contributed by atoms with Crippen molar-refractivity contribution in [2.45, 2.75) is 25.7 Å². The van der Waals surface area contributed by atoms with Crippen LogP contribution < -0.4 is 5.32 Å². The van der Waals surface area contributed by atoms with Crippen LogP contribution in [-0.4, -0.2) is 37.2 Å². The molecule has 0 unspecified atom stereocenters. The van der Waals surface area contributed by atoms with Crippen molar-refractivity contribution in [1.82, 2.24) is 5.32 Å². The zero-order valence-corrected chi connectivity index (χ0v) is 11.7. The van der Waals surface area contributed by atoms with Gasteiger partial charge in [0.25, 0.3) is 5.91 Å². The highest BCUT2D eigenvalue weighted by molar-refractivity contribution is 5.94. The van der Waals surface area contributed by atoms with E-state index in [1.165, 1.54) is 7.11 Å². The molecular weight excluding hydrogens is 258 g/mol. The van der Waals surface area contributed by atoms with Crippen molar-refractivity contribution < 1.29 is 19.4 Å². The number of amides is 1. The van der Waals surface area contributed by atoms with Crippen LogP contribution in [0.25, 0.3) is 0 Å². The molecular formula is C15H21NO4. The number of benzene rings is 1. The van der Waals surface area contributed by atoms with Crippen molar-refractivity contribution >= 4 is 11.9 Å². The van der Waals surface area contributed by atoms with Gasteiger partial charge >= 0.3 is 5.97 Å². The number of hydrogen-bond acceptors (Lipinski definition) is 4. The molecule has 0 atom stereocenters. The number of nitrogens with one attached hydrogen (secondary N) is 1. The molecule has 20 heavy (non-hydrogen) atoms. The second kappa shape index (κ2) is 9.09. The van der Waals surface area contributed by atoms with Crippen molar-refractivity contribution in [3.05, 3.63) is 35.4 Å². The molecule has 0 spiro atoms. The van der Waals surface area contributed by atoms with Gasteiger partial charge in [0.1, 0.15) is 0 Å². The van der Waals surface area contributed by atoms with E-state index >= 15 is 0 Å². The Morgan fingerprint density at radius 2 is 1.90 bits per heavy atom. The van der Waals surface area contributed by atoms with Gasteiger partial charge in [0.2, 0.25) is 0 Å². The molecule has 0 radical (unpaired) electrons. The lowest BCUT2D eigenvalue weighted by molar-refractivity contribution is -0.140. The topological polar surface area (TPSA) is 75.6 Å². The average Bonchev–Trinajstić information content (AvgIpc) is 2.48. The Morgan fingerprint density at radius 3 is 2.50 bits per heavy atom. The van der Waals surface area contributed by atoms with Gasteiger partial charge in [0.05, 0.1) is 13.5 Å². The molecule has 0 aliphatic heterocycles. The van der Waals surface area contributed by atoms with Crippen molar-refractivity contribution in [3.8, 4) is 0 Å². The van der Waals surface area contributed by atoms with Gasteiger partial charge in [-0.2, -0.15) is 0 Å². The number of unbranched alkanes of at least 4 members (excludes halogenated alkanes) is 1. The first kappa shape index (κ1) is 16.2. The summed E-state index contributed by atoms with van der Waals surface area (Å²) < 4.78 is 4.49. The van der Waals surface area contributed by atoms with E-state index in [9.17, 15) is 9.59 Å². The van der Waals surface area contributed by atoms with Crippen LogP contribution in [0.4, 0.5) is 0 Å². The Labute approximate surface area is 118 Å². The first-order valence-corrected chi connectivity index (χ1v) is 6.72. The molecule has 1 aromatic carbocycles. The molecule has 0 saturated carbocycles. The van der Waals surface area contributed by atoms with Crippen LogP contribution in [0.5, 0.6) is 0 Å². The number of rotatable bonds is 8. The SMILES string of the molecule is COC(=O)CCNC(=O)c1ccc(CCCCO)cc1. The van der Waals surface area contributed by atoms with E-state index in [-0.39, 0.29) is 31.4 Å². The Kier molecular flexibility index (Phi) is 7.35. The number of aliphatic hydroxyl groups is 1. The van der Waals surface area contributed by atoms with E-state index in [2.05, 4.69) is 10.1 Å². The number of methoxy groups -OCH3 is 1. The summed E-state index contributed by atoms with van der Waals surface area (Å²) in [5.41, 5.74) is 1.71. The Hall–Kier alpha value is -1.88. The molecule has 5 heteroatoms. The van der Waals surface area contributed by atoms with Gasteiger partial charge in [-0.1, -0.05) is 12.1 Å². The molecule has 5 nitrogen and oxygen atoms in total. The third-order valence-corrected chi connectivity index (χ3v) is 2.93. The smallest absolute Gasteiger partial charge is 0.307 e. The lowest BCUT2D eigenvalue weighted by Crippen LogP contribution is -2.26. The zero-order chi connectivity index (χ0) is 14.8. The van der Waals surface area contributed by atoms with Crippen LogP contribution >= 0.6 is 0 Å². The maximum absolute atomic E-state index is 11.8. The fourth-order valence-electron chi connectivity index (χ4n) is 1.75. The van der Waals surface area contributed by atoms with Gasteiger partial charge in [-0.25, -0.2) is 0 Å². The number of carbonyl (C=O) groups excluding carboxylic acids is 2. The van der Waals surface area contributed by atoms with E-state index in [4.69, 9.17) is 5.11 Å². The van der Waals surface area contributed by atoms with Crippen LogP contribution in [-0.2, 0) is 16.0 Å². The second-order valence-corrected chi connectivity index (χ2v) is 4.46. The predicted octanol–water partition coefficient (Wildman–Crippen LogP) is 1.29. The Balaban J connectivity index is 2.39. The minimum Gasteiger partial charge on any atom is -0.469 e. The van der Waals surface area contributed by atoms with Crippen molar-refractivity contribution in [3.63, 3.8) is 0 Å². The summed E-state index contributed by atoms with van der Waals surface area (Å²) in [6, 6.07) is 7.35. The van der Waals surface area contributed by atoms with Crippen molar-refractivity contribution in [2.75, 3.05) is 20.3 Å². The summed E-state index contributed by atoms with van der Waals surface area (Å²) in [7, 11) is 1.32. The molecule has 0 aliphatic carbocycles. The summed E-state index contributed by atoms with van der Waals surface area (Å²) in [6.07, 6.45) is 2.78. The predicted molar refractivity (Wildman–Crippen MR) is 75.4 cm³/mol. The fraction of sp³-hybridized carbons (Fsp3) is 0.467. The highest BCUT2D eigenvalue weighted by Crippen LogP contribution is 2.08. The van der Waals surface area contributed by atoms with Crippen molar-refractivity contribution in [1.29, 1.82) is 0 Å². The second-order valence-electron chi connectivity index (χ2n) is 4.46. The van der Waals surface area contributed by atoms with Gasteiger partial charge in [0.15, 0.2) is 0 Å². The van der Waals surface area contributed by atoms with E-state index in [1.54, 1.807) is 12.1 Å². The highest BCUT2D eigenvalue weighted by atomic mass is 16.5. The summed E-state index contributed by atoms with van der Waals surface area (Å²) in [5, 5.41) is 11.4. The summed E-state index contributed by atoms with van der Waals surface area (Å²) in [5.74, 6) is -0.541. The maximum Gasteiger partial charge on any atom is 0.307 e. The lowest BCUT2D eigenvalue weighted by Gasteiger charge is -2.06. The van der Waals surface area contributed by atoms with Crippen LogP contribution in [0.2, 0.25) is 0 Å². The standard InChI is InChI=1S/C15H21NO4/c1-20-14(18)9-10-16-15(19)13-7-5-12(6-8-13)4-2-3-11-17/h5-8,17H,2-4,9-11H2,1H3,(H,16,19). The summed E-state index contributed by atoms with van der Waals surface area (Å²) in [4.78, 5) is 22.7. The molecule has 0 aromatic heterocycles. The molecule has 0 aliphatic rings. The van der Waals surface area contributed by atoms with E-state index in [0.717, 1.165) is 24.8 Å². The molecule has 1 rings (SSSR count). The summed E-state index contributed by atoms with van der Waals surface area (Å²) >= 11 is 0. The number of aliphatic hydroxyl groups excluding tert-OH is 1. The number of esters is 1. The summed E-state index contributed by atoms with van der Waals surface area (Å²) in [6.45, 7) is 0.477. The molecule has 0 bridgehead atoms. The van der Waals surface area contributed by atoms with Gasteiger partial charge < -0.3 is 15.2 Å². The molecule has 0 saturated heterocycles. The third kappa shape index (κ3) is 5.84. The molecule has 1 aromatic rings. The number of hydrogen-bond donors (Lipinski definition) is 2. The quantitative estimate of drug-likeness (QED) is 0.555. The van der Waals surface area contributed by atoms with Crippen LogP contribution in [0, 0.1) is 0 Å². The van der Waals surface area contributed by atoms with Crippen molar-refractivity contribution in [2.24, 2.45) is 0 Å². The molecule has 110 valence electrons. The van der Waals surface area contributed by atoms with E-state index in [0.29, 0.717) is 5.56 Å². The molecule has 0 heterocycles. The Morgan fingerprint density at radius 1 is 1.20 bits per heavy atom. The molecule has 0 fully saturated rings. The lowest BCUT2D eigenvalue weighted by atomic mass is 10.1. The van der Waals surface area contributed by atoms with Gasteiger partial charge in [-0.15, -0.1) is 0 Å². The van der Waals surface area contributed by atoms with Gasteiger partial charge in [0, 0.05) is 18.7 Å². The average molecular weight is 279 g/mol. The number of carbonyl (C=O) groups is 2. The largest absolute Gasteiger partial charge is 0.469 e. The van der Waals surface area contributed by atoms with Gasteiger partial charge in [-0.3, -0.25) is 9.59 Å². The maximum atomic E-state index is 11.8. The van der Waals surface area contributed by atoms with Crippen LogP contribution in [0.15, 0.2) is 24.3 Å². The third-order valence-electron chi connectivity index (χ3n) is 2.93. The van der Waals surface area contributed by atoms with E-state index < -0.39 is 0 Å². The van der Waals surface area contributed by atoms with Gasteiger partial charge in [-0.05, 0) is 37.0 Å². The number of aryl methyl sites for hydroxylation is 1. The zero-order valence-electron chi connectivity index (χ0n) is 11.7. The van der Waals surface area contributed by atoms with E-state index in [1.807, 2.05) is 12.1 Å². The number of ether oxygens (including phenoxy) is 1.